The van der Waals surface area contributed by atoms with E-state index in [1.807, 2.05) is 30.4 Å². The Hall–Kier alpha value is -3.32. The quantitative estimate of drug-likeness (QED) is 0.0131. The number of aliphatic hydroxyl groups is 3. The molecule has 2 heterocycles. The number of nitrogens with zero attached hydrogens (tertiary/aromatic N) is 2. The molecule has 65 heavy (non-hydrogen) atoms. The molecular formula is C44H73N3O16P2. The lowest BCUT2D eigenvalue weighted by molar-refractivity contribution is -0.161. The Morgan fingerprint density at radius 1 is 0.862 bits per heavy atom. The predicted molar refractivity (Wildman–Crippen MR) is 244 cm³/mol. The van der Waals surface area contributed by atoms with Gasteiger partial charge in [0.15, 0.2) is 12.3 Å². The normalized spacial score (nSPS) is 20.8. The van der Waals surface area contributed by atoms with E-state index in [2.05, 4.69) is 36.1 Å². The summed E-state index contributed by atoms with van der Waals surface area (Å²) in [5.74, 6) is -0.770. The number of nitrogen functional groups attached to an aromatic ring is 1. The van der Waals surface area contributed by atoms with Gasteiger partial charge < -0.3 is 45.1 Å². The minimum absolute atomic E-state index is 0.0178. The summed E-state index contributed by atoms with van der Waals surface area (Å²) in [4.78, 5) is 61.5. The van der Waals surface area contributed by atoms with Crippen molar-refractivity contribution in [3.8, 4) is 0 Å². The first kappa shape index (κ1) is 57.8. The lowest BCUT2D eigenvalue weighted by Gasteiger charge is -2.21. The third-order valence-corrected chi connectivity index (χ3v) is 12.5. The molecule has 19 nitrogen and oxygen atoms in total. The van der Waals surface area contributed by atoms with E-state index in [1.54, 1.807) is 12.2 Å². The highest BCUT2D eigenvalue weighted by Gasteiger charge is 2.46. The van der Waals surface area contributed by atoms with Crippen molar-refractivity contribution in [2.24, 2.45) is 5.92 Å². The second-order valence-corrected chi connectivity index (χ2v) is 19.3. The Morgan fingerprint density at radius 2 is 1.54 bits per heavy atom. The average molecular weight is 962 g/mol. The molecule has 0 radical (unpaired) electrons. The molecule has 1 saturated heterocycles. The average Bonchev–Trinajstić information content (AvgIpc) is 3.52. The number of allylic oxidation sites excluding steroid dienone is 6. The summed E-state index contributed by atoms with van der Waals surface area (Å²) in [5.41, 5.74) is 4.56. The monoisotopic (exact) mass is 961 g/mol. The molecule has 1 aromatic heterocycles. The Balaban J connectivity index is 1.86. The van der Waals surface area contributed by atoms with Gasteiger partial charge in [0, 0.05) is 19.0 Å². The number of phosphoric acid groups is 2. The zero-order valence-corrected chi connectivity index (χ0v) is 39.8. The molecule has 8 atom stereocenters. The predicted octanol–water partition coefficient (Wildman–Crippen LogP) is 7.04. The van der Waals surface area contributed by atoms with Crippen molar-refractivity contribution in [3.05, 3.63) is 71.4 Å². The number of rotatable bonds is 35. The maximum Gasteiger partial charge on any atom is 0.481 e. The van der Waals surface area contributed by atoms with Crippen molar-refractivity contribution in [3.63, 3.8) is 0 Å². The summed E-state index contributed by atoms with van der Waals surface area (Å²) in [6.45, 7) is 4.13. The van der Waals surface area contributed by atoms with E-state index >= 15 is 0 Å². The van der Waals surface area contributed by atoms with Crippen LogP contribution in [0.5, 0.6) is 0 Å². The number of carbonyl (C=O) groups excluding carboxylic acids is 2. The SMILES string of the molecule is CCCCC/C=C\C[C@@H](O)/C=C/C=C\C/C=C\CCCC(=O)OC[C@H](COP(=O)(O)OP(=O)(O)OC[C@H]1O[C@@H](n2ccc(N)nc2=O)[C@H](O)[C@@H]1O)OC(=O)CCCCCCCCC(C)C. The van der Waals surface area contributed by atoms with E-state index in [1.165, 1.54) is 18.9 Å². The summed E-state index contributed by atoms with van der Waals surface area (Å²) in [6.07, 6.45) is 21.5. The number of hydrogen-bond acceptors (Lipinski definition) is 16. The molecule has 21 heteroatoms. The number of phosphoric ester groups is 2. The number of ether oxygens (including phenoxy) is 3. The largest absolute Gasteiger partial charge is 0.481 e. The van der Waals surface area contributed by atoms with Crippen molar-refractivity contribution >= 4 is 33.4 Å². The van der Waals surface area contributed by atoms with Gasteiger partial charge in [0.1, 0.15) is 30.7 Å². The molecular weight excluding hydrogens is 888 g/mol. The molecule has 370 valence electrons. The van der Waals surface area contributed by atoms with Crippen molar-refractivity contribution in [2.75, 3.05) is 25.6 Å². The van der Waals surface area contributed by atoms with Gasteiger partial charge in [0.05, 0.1) is 19.3 Å². The molecule has 0 spiro atoms. The van der Waals surface area contributed by atoms with Gasteiger partial charge in [-0.1, -0.05) is 121 Å². The molecule has 1 fully saturated rings. The van der Waals surface area contributed by atoms with Crippen LogP contribution in [0.1, 0.15) is 136 Å². The molecule has 1 aliphatic rings. The number of esters is 2. The Kier molecular flexibility index (Phi) is 28.8. The molecule has 0 amide bonds. The van der Waals surface area contributed by atoms with Crippen LogP contribution in [0, 0.1) is 5.92 Å². The van der Waals surface area contributed by atoms with Crippen LogP contribution in [0.3, 0.4) is 0 Å². The van der Waals surface area contributed by atoms with Gasteiger partial charge >= 0.3 is 33.3 Å². The second-order valence-electron chi connectivity index (χ2n) is 16.2. The van der Waals surface area contributed by atoms with E-state index in [4.69, 9.17) is 29.0 Å². The number of hydrogen-bond donors (Lipinski definition) is 6. The van der Waals surface area contributed by atoms with E-state index in [0.29, 0.717) is 38.0 Å². The topological polar surface area (TPSA) is 286 Å². The maximum absolute atomic E-state index is 12.8. The lowest BCUT2D eigenvalue weighted by Crippen LogP contribution is -2.36. The fraction of sp³-hybridized carbons (Fsp3) is 0.682. The zero-order chi connectivity index (χ0) is 48.1. The van der Waals surface area contributed by atoms with Gasteiger partial charge in [-0.15, -0.1) is 0 Å². The molecule has 1 aromatic rings. The molecule has 2 unspecified atom stereocenters. The first-order chi connectivity index (χ1) is 30.9. The van der Waals surface area contributed by atoms with Crippen LogP contribution < -0.4 is 11.4 Å². The molecule has 0 aliphatic carbocycles. The maximum atomic E-state index is 12.8. The smallest absolute Gasteiger partial charge is 0.462 e. The number of unbranched alkanes of at least 4 members (excludes halogenated alkanes) is 9. The molecule has 1 aliphatic heterocycles. The van der Waals surface area contributed by atoms with Crippen molar-refractivity contribution in [1.29, 1.82) is 0 Å². The van der Waals surface area contributed by atoms with Crippen LogP contribution in [-0.2, 0) is 46.3 Å². The Morgan fingerprint density at radius 3 is 2.26 bits per heavy atom. The number of nitrogens with two attached hydrogens (primary N) is 1. The summed E-state index contributed by atoms with van der Waals surface area (Å²) in [6, 6.07) is 1.24. The highest BCUT2D eigenvalue weighted by atomic mass is 31.3. The summed E-state index contributed by atoms with van der Waals surface area (Å²) in [7, 11) is -10.9. The summed E-state index contributed by atoms with van der Waals surface area (Å²) < 4.78 is 56.4. The van der Waals surface area contributed by atoms with Gasteiger partial charge in [-0.25, -0.2) is 13.9 Å². The van der Waals surface area contributed by atoms with Crippen LogP contribution in [0.25, 0.3) is 0 Å². The highest BCUT2D eigenvalue weighted by molar-refractivity contribution is 7.61. The molecule has 0 saturated carbocycles. The van der Waals surface area contributed by atoms with Gasteiger partial charge in [0.25, 0.3) is 0 Å². The number of aromatic nitrogens is 2. The summed E-state index contributed by atoms with van der Waals surface area (Å²) in [5, 5.41) is 30.9. The van der Waals surface area contributed by atoms with Gasteiger partial charge in [-0.2, -0.15) is 9.29 Å². The van der Waals surface area contributed by atoms with Crippen LogP contribution in [0.4, 0.5) is 5.82 Å². The van der Waals surface area contributed by atoms with Gasteiger partial charge in [-0.05, 0) is 56.9 Å². The Bertz CT molecular complexity index is 1800. The van der Waals surface area contributed by atoms with Gasteiger partial charge in [-0.3, -0.25) is 23.2 Å². The standard InChI is InChI=1S/C44H73N3O16P2/c1-4-5-6-7-15-20-25-35(48)26-21-16-10-8-9-11-17-22-27-39(49)58-31-36(61-40(50)28-23-18-13-12-14-19-24-34(2)3)32-59-64(54,55)63-65(56,57)60-33-37-41(51)42(52)43(62-37)47-30-29-38(45)46-44(47)53/h9-11,15-16,20-21,26,29-30,34-37,41-43,48,51-52H,4-8,12-14,17-19,22-25,27-28,31-33H2,1-3H3,(H,54,55)(H,56,57)(H2,45,46,53)/b11-9-,16-10-,20-15-,26-21+/t35-,36-,37-,41-,42-,43-/m1/s1. The van der Waals surface area contributed by atoms with Gasteiger partial charge in [0.2, 0.25) is 0 Å². The minimum Gasteiger partial charge on any atom is -0.462 e. The summed E-state index contributed by atoms with van der Waals surface area (Å²) >= 11 is 0. The van der Waals surface area contributed by atoms with Crippen molar-refractivity contribution in [1.82, 2.24) is 9.55 Å². The van der Waals surface area contributed by atoms with Crippen LogP contribution in [0.15, 0.2) is 65.7 Å². The fourth-order valence-electron chi connectivity index (χ4n) is 6.34. The second kappa shape index (κ2) is 32.4. The van der Waals surface area contributed by atoms with Crippen molar-refractivity contribution in [2.45, 2.75) is 167 Å². The van der Waals surface area contributed by atoms with Crippen molar-refractivity contribution < 1.29 is 71.4 Å². The minimum atomic E-state index is -5.44. The third kappa shape index (κ3) is 26.6. The number of carbonyl (C=O) groups is 2. The van der Waals surface area contributed by atoms with E-state index < -0.39 is 89.8 Å². The molecule has 2 rings (SSSR count). The van der Waals surface area contributed by atoms with E-state index in [-0.39, 0.29) is 18.7 Å². The Labute approximate surface area is 382 Å². The fourth-order valence-corrected chi connectivity index (χ4v) is 8.45. The van der Waals surface area contributed by atoms with Crippen LogP contribution in [0.2, 0.25) is 0 Å². The highest BCUT2D eigenvalue weighted by Crippen LogP contribution is 2.60. The lowest BCUT2D eigenvalue weighted by atomic mass is 10.0. The zero-order valence-electron chi connectivity index (χ0n) is 38.1. The van der Waals surface area contributed by atoms with Crippen LogP contribution >= 0.6 is 15.6 Å². The molecule has 0 aromatic carbocycles. The van der Waals surface area contributed by atoms with E-state index in [0.717, 1.165) is 62.1 Å². The number of aliphatic hydroxyl groups excluding tert-OH is 3. The third-order valence-electron chi connectivity index (χ3n) is 9.93. The molecule has 0 bridgehead atoms. The van der Waals surface area contributed by atoms with Crippen LogP contribution in [-0.4, -0.2) is 96.9 Å². The first-order valence-electron chi connectivity index (χ1n) is 22.6. The number of anilines is 1. The first-order valence-corrected chi connectivity index (χ1v) is 25.6. The van der Waals surface area contributed by atoms with E-state index in [9.17, 15) is 48.6 Å². The molecule has 7 N–H and O–H groups in total.